The van der Waals surface area contributed by atoms with Gasteiger partial charge in [-0.25, -0.2) is 4.79 Å². The minimum atomic E-state index is -0.491. The number of likely N-dealkylation sites (tertiary alicyclic amines) is 1. The van der Waals surface area contributed by atoms with Crippen molar-refractivity contribution in [3.8, 4) is 17.0 Å². The number of pyridine rings is 1. The van der Waals surface area contributed by atoms with E-state index in [9.17, 15) is 9.90 Å². The van der Waals surface area contributed by atoms with Gasteiger partial charge in [-0.1, -0.05) is 0 Å². The van der Waals surface area contributed by atoms with Crippen molar-refractivity contribution in [2.24, 2.45) is 0 Å². The molecule has 1 saturated heterocycles. The first-order valence-electron chi connectivity index (χ1n) is 10.4. The largest absolute Gasteiger partial charge is 0.508 e. The first-order valence-corrected chi connectivity index (χ1v) is 10.4. The molecule has 0 aliphatic carbocycles. The number of aromatic nitrogens is 3. The second-order valence-corrected chi connectivity index (χ2v) is 9.42. The van der Waals surface area contributed by atoms with Gasteiger partial charge in [0.15, 0.2) is 0 Å². The Kier molecular flexibility index (Phi) is 4.07. The SMILES string of the molecule is CC(C)(C)OC(=O)N1CCC2(CCn3nc(-c4cnc5ccc(O)cc5c4)cc32)C1. The summed E-state index contributed by atoms with van der Waals surface area (Å²) in [5.74, 6) is 0.223. The summed E-state index contributed by atoms with van der Waals surface area (Å²) in [6, 6.07) is 9.30. The van der Waals surface area contributed by atoms with E-state index in [1.165, 1.54) is 5.69 Å². The Morgan fingerprint density at radius 3 is 2.77 bits per heavy atom. The molecule has 2 aromatic heterocycles. The summed E-state index contributed by atoms with van der Waals surface area (Å²) in [5, 5.41) is 15.5. The summed E-state index contributed by atoms with van der Waals surface area (Å²) in [6.07, 6.45) is 3.49. The monoisotopic (exact) mass is 406 g/mol. The van der Waals surface area contributed by atoms with Crippen molar-refractivity contribution in [2.75, 3.05) is 13.1 Å². The first kappa shape index (κ1) is 18.9. The molecule has 4 heterocycles. The average molecular weight is 406 g/mol. The van der Waals surface area contributed by atoms with Crippen LogP contribution in [0, 0.1) is 0 Å². The molecule has 7 nitrogen and oxygen atoms in total. The van der Waals surface area contributed by atoms with Crippen molar-refractivity contribution < 1.29 is 14.6 Å². The van der Waals surface area contributed by atoms with E-state index in [1.54, 1.807) is 18.2 Å². The maximum absolute atomic E-state index is 12.5. The van der Waals surface area contributed by atoms with E-state index in [0.717, 1.165) is 41.5 Å². The van der Waals surface area contributed by atoms with Gasteiger partial charge in [-0.2, -0.15) is 5.10 Å². The number of phenols is 1. The lowest BCUT2D eigenvalue weighted by atomic mass is 9.82. The van der Waals surface area contributed by atoms with E-state index >= 15 is 0 Å². The number of phenolic OH excluding ortho intramolecular Hbond substituents is 1. The number of amides is 1. The van der Waals surface area contributed by atoms with Crippen LogP contribution in [0.2, 0.25) is 0 Å². The number of carbonyl (C=O) groups is 1. The quantitative estimate of drug-likeness (QED) is 0.658. The zero-order chi connectivity index (χ0) is 21.1. The van der Waals surface area contributed by atoms with Crippen LogP contribution >= 0.6 is 0 Å². The summed E-state index contributed by atoms with van der Waals surface area (Å²) in [6.45, 7) is 7.89. The molecule has 2 aliphatic heterocycles. The number of aromatic hydroxyl groups is 1. The number of ether oxygens (including phenoxy) is 1. The van der Waals surface area contributed by atoms with Crippen molar-refractivity contribution in [2.45, 2.75) is 51.2 Å². The topological polar surface area (TPSA) is 80.5 Å². The number of fused-ring (bicyclic) bond motifs is 3. The molecule has 1 spiro atoms. The van der Waals surface area contributed by atoms with Crippen molar-refractivity contribution in [3.05, 3.63) is 42.2 Å². The summed E-state index contributed by atoms with van der Waals surface area (Å²) in [7, 11) is 0. The zero-order valence-corrected chi connectivity index (χ0v) is 17.6. The van der Waals surface area contributed by atoms with Gasteiger partial charge < -0.3 is 14.7 Å². The summed E-state index contributed by atoms with van der Waals surface area (Å²) in [5.41, 5.74) is 3.26. The van der Waals surface area contributed by atoms with Crippen LogP contribution < -0.4 is 0 Å². The molecule has 0 saturated carbocycles. The van der Waals surface area contributed by atoms with Crippen LogP contribution in [0.5, 0.6) is 5.75 Å². The number of hydrogen-bond donors (Lipinski definition) is 1. The smallest absolute Gasteiger partial charge is 0.410 e. The number of benzene rings is 1. The molecule has 1 unspecified atom stereocenters. The van der Waals surface area contributed by atoms with E-state index in [-0.39, 0.29) is 17.3 Å². The van der Waals surface area contributed by atoms with Crippen molar-refractivity contribution in [1.29, 1.82) is 0 Å². The number of aryl methyl sites for hydroxylation is 1. The van der Waals surface area contributed by atoms with Gasteiger partial charge in [0.2, 0.25) is 0 Å². The Morgan fingerprint density at radius 1 is 1.17 bits per heavy atom. The predicted molar refractivity (Wildman–Crippen MR) is 113 cm³/mol. The molecule has 1 fully saturated rings. The van der Waals surface area contributed by atoms with E-state index in [0.29, 0.717) is 13.1 Å². The third kappa shape index (κ3) is 3.18. The molecule has 0 radical (unpaired) electrons. The standard InChI is InChI=1S/C23H26N4O3/c1-22(2,3)30-21(29)26-8-6-23(14-26)7-9-27-20(23)12-19(25-27)16-10-15-11-17(28)4-5-18(15)24-13-16/h4-5,10-13,28H,6-9,14H2,1-3H3. The second kappa shape index (κ2) is 6.45. The highest BCUT2D eigenvalue weighted by Gasteiger charge is 2.47. The maximum Gasteiger partial charge on any atom is 0.410 e. The number of nitrogens with zero attached hydrogens (tertiary/aromatic N) is 4. The van der Waals surface area contributed by atoms with Crippen LogP contribution in [0.4, 0.5) is 4.79 Å². The van der Waals surface area contributed by atoms with Gasteiger partial charge in [0.25, 0.3) is 0 Å². The van der Waals surface area contributed by atoms with E-state index < -0.39 is 5.60 Å². The molecule has 30 heavy (non-hydrogen) atoms. The molecule has 3 aromatic rings. The molecule has 7 heteroatoms. The fourth-order valence-electron chi connectivity index (χ4n) is 4.63. The van der Waals surface area contributed by atoms with Crippen molar-refractivity contribution in [3.63, 3.8) is 0 Å². The molecule has 1 amide bonds. The first-order chi connectivity index (χ1) is 14.2. The van der Waals surface area contributed by atoms with Crippen LogP contribution in [0.3, 0.4) is 0 Å². The highest BCUT2D eigenvalue weighted by Crippen LogP contribution is 2.44. The molecular weight excluding hydrogens is 380 g/mol. The number of carbonyl (C=O) groups excluding carboxylic acids is 1. The van der Waals surface area contributed by atoms with Crippen molar-refractivity contribution >= 4 is 17.0 Å². The highest BCUT2D eigenvalue weighted by atomic mass is 16.6. The van der Waals surface area contributed by atoms with Gasteiger partial charge in [-0.3, -0.25) is 9.67 Å². The van der Waals surface area contributed by atoms with Gasteiger partial charge in [0.1, 0.15) is 11.4 Å². The molecule has 156 valence electrons. The van der Waals surface area contributed by atoms with Crippen LogP contribution in [-0.4, -0.2) is 49.6 Å². The van der Waals surface area contributed by atoms with Gasteiger partial charge in [0, 0.05) is 47.9 Å². The maximum atomic E-state index is 12.5. The van der Waals surface area contributed by atoms with Gasteiger partial charge in [-0.05, 0) is 63.9 Å². The Balaban J connectivity index is 1.43. The minimum absolute atomic E-state index is 0.0648. The molecule has 1 atom stereocenters. The fraction of sp³-hybridized carbons (Fsp3) is 0.435. The Morgan fingerprint density at radius 2 is 1.97 bits per heavy atom. The number of hydrogen-bond acceptors (Lipinski definition) is 5. The summed E-state index contributed by atoms with van der Waals surface area (Å²) >= 11 is 0. The van der Waals surface area contributed by atoms with Crippen LogP contribution in [0.15, 0.2) is 36.5 Å². The summed E-state index contributed by atoms with van der Waals surface area (Å²) in [4.78, 5) is 18.9. The third-order valence-corrected chi connectivity index (χ3v) is 6.09. The molecule has 1 N–H and O–H groups in total. The highest BCUT2D eigenvalue weighted by molar-refractivity contribution is 5.84. The lowest BCUT2D eigenvalue weighted by Gasteiger charge is -2.26. The second-order valence-electron chi connectivity index (χ2n) is 9.42. The average Bonchev–Trinajstić information content (AvgIpc) is 3.37. The van der Waals surface area contributed by atoms with Crippen LogP contribution in [0.25, 0.3) is 22.2 Å². The van der Waals surface area contributed by atoms with Crippen LogP contribution in [0.1, 0.15) is 39.3 Å². The molecule has 1 aromatic carbocycles. The van der Waals surface area contributed by atoms with E-state index in [4.69, 9.17) is 9.84 Å². The van der Waals surface area contributed by atoms with E-state index in [1.807, 2.05) is 37.9 Å². The Hall–Kier alpha value is -3.09. The number of rotatable bonds is 1. The van der Waals surface area contributed by atoms with Gasteiger partial charge in [-0.15, -0.1) is 0 Å². The molecule has 0 bridgehead atoms. The predicted octanol–water partition coefficient (Wildman–Crippen LogP) is 4.09. The van der Waals surface area contributed by atoms with Gasteiger partial charge in [0.05, 0.1) is 11.2 Å². The Labute approximate surface area is 175 Å². The molecule has 5 rings (SSSR count). The van der Waals surface area contributed by atoms with Crippen molar-refractivity contribution in [1.82, 2.24) is 19.7 Å². The summed E-state index contributed by atoms with van der Waals surface area (Å²) < 4.78 is 7.64. The third-order valence-electron chi connectivity index (χ3n) is 6.09. The Bertz CT molecular complexity index is 1150. The lowest BCUT2D eigenvalue weighted by molar-refractivity contribution is 0.0284. The lowest BCUT2D eigenvalue weighted by Crippen LogP contribution is -2.37. The normalized spacial score (nSPS) is 20.8. The fourth-order valence-corrected chi connectivity index (χ4v) is 4.63. The molecule has 2 aliphatic rings. The zero-order valence-electron chi connectivity index (χ0n) is 17.6. The van der Waals surface area contributed by atoms with Gasteiger partial charge >= 0.3 is 6.09 Å². The minimum Gasteiger partial charge on any atom is -0.508 e. The molecular formula is C23H26N4O3. The van der Waals surface area contributed by atoms with E-state index in [2.05, 4.69) is 15.7 Å². The van der Waals surface area contributed by atoms with Crippen LogP contribution in [-0.2, 0) is 16.7 Å².